The number of hydrogen-bond acceptors (Lipinski definition) is 2. The molecule has 1 aliphatic carbocycles. The Morgan fingerprint density at radius 3 is 3.00 bits per heavy atom. The van der Waals surface area contributed by atoms with Crippen LogP contribution in [0.2, 0.25) is 0 Å². The molecule has 1 aliphatic heterocycles. The predicted octanol–water partition coefficient (Wildman–Crippen LogP) is 3.07. The molecule has 1 fully saturated rings. The maximum atomic E-state index is 5.84. The highest BCUT2D eigenvalue weighted by atomic mass is 16.5. The summed E-state index contributed by atoms with van der Waals surface area (Å²) in [7, 11) is 0. The van der Waals surface area contributed by atoms with Crippen molar-refractivity contribution in [2.45, 2.75) is 38.6 Å². The molecule has 1 unspecified atom stereocenters. The van der Waals surface area contributed by atoms with Crippen LogP contribution in [0.25, 0.3) is 0 Å². The van der Waals surface area contributed by atoms with Crippen molar-refractivity contribution in [3.05, 3.63) is 29.3 Å². The smallest absolute Gasteiger partial charge is 0.127 e. The lowest BCUT2D eigenvalue weighted by Gasteiger charge is -2.35. The molecule has 2 heteroatoms. The summed E-state index contributed by atoms with van der Waals surface area (Å²) >= 11 is 0. The van der Waals surface area contributed by atoms with Gasteiger partial charge in [-0.2, -0.15) is 0 Å². The van der Waals surface area contributed by atoms with E-state index in [0.717, 1.165) is 25.5 Å². The highest BCUT2D eigenvalue weighted by molar-refractivity contribution is 5.46. The molecule has 0 radical (unpaired) electrons. The molecule has 1 aromatic rings. The standard InChI is InChI=1S/C15H21NO/c1-2-16-14(11-5-3-6-11)13-8-4-7-12-9-10-17-15(12)13/h4,7-8,11,14,16H,2-3,5-6,9-10H2,1H3. The quantitative estimate of drug-likeness (QED) is 0.860. The maximum absolute atomic E-state index is 5.84. The average molecular weight is 231 g/mol. The van der Waals surface area contributed by atoms with E-state index in [2.05, 4.69) is 30.4 Å². The summed E-state index contributed by atoms with van der Waals surface area (Å²) in [6, 6.07) is 7.14. The molecule has 3 rings (SSSR count). The van der Waals surface area contributed by atoms with Crippen molar-refractivity contribution in [2.24, 2.45) is 5.92 Å². The van der Waals surface area contributed by atoms with E-state index in [4.69, 9.17) is 4.74 Å². The van der Waals surface area contributed by atoms with Gasteiger partial charge in [-0.15, -0.1) is 0 Å². The molecule has 92 valence electrons. The van der Waals surface area contributed by atoms with Gasteiger partial charge in [-0.3, -0.25) is 0 Å². The van der Waals surface area contributed by atoms with Gasteiger partial charge < -0.3 is 10.1 Å². The molecular weight excluding hydrogens is 210 g/mol. The third-order valence-corrected chi connectivity index (χ3v) is 4.13. The molecule has 0 saturated heterocycles. The highest BCUT2D eigenvalue weighted by Crippen LogP contribution is 2.42. The zero-order valence-electron chi connectivity index (χ0n) is 10.5. The zero-order valence-corrected chi connectivity index (χ0v) is 10.5. The van der Waals surface area contributed by atoms with Crippen LogP contribution in [0, 0.1) is 5.92 Å². The van der Waals surface area contributed by atoms with Crippen LogP contribution < -0.4 is 10.1 Å². The number of fused-ring (bicyclic) bond motifs is 1. The Balaban J connectivity index is 1.92. The first-order chi connectivity index (χ1) is 8.40. The fraction of sp³-hybridized carbons (Fsp3) is 0.600. The molecule has 0 amide bonds. The Morgan fingerprint density at radius 1 is 1.41 bits per heavy atom. The average Bonchev–Trinajstić information content (AvgIpc) is 2.73. The minimum absolute atomic E-state index is 0.502. The summed E-state index contributed by atoms with van der Waals surface area (Å²) in [6.07, 6.45) is 5.19. The first-order valence-electron chi connectivity index (χ1n) is 6.88. The van der Waals surface area contributed by atoms with Gasteiger partial charge in [0.1, 0.15) is 5.75 Å². The summed E-state index contributed by atoms with van der Waals surface area (Å²) in [5.74, 6) is 1.98. The summed E-state index contributed by atoms with van der Waals surface area (Å²) in [5.41, 5.74) is 2.79. The summed E-state index contributed by atoms with van der Waals surface area (Å²) in [6.45, 7) is 4.08. The Hall–Kier alpha value is -1.02. The normalized spacial score (nSPS) is 20.5. The molecule has 0 spiro atoms. The molecule has 1 atom stereocenters. The van der Waals surface area contributed by atoms with Crippen LogP contribution in [0.1, 0.15) is 43.4 Å². The Bertz CT molecular complexity index is 398. The lowest BCUT2D eigenvalue weighted by atomic mass is 9.76. The molecular formula is C15H21NO. The van der Waals surface area contributed by atoms with Crippen LogP contribution in [0.15, 0.2) is 18.2 Å². The molecule has 1 saturated carbocycles. The van der Waals surface area contributed by atoms with Crippen molar-refractivity contribution >= 4 is 0 Å². The van der Waals surface area contributed by atoms with Gasteiger partial charge in [-0.1, -0.05) is 31.5 Å². The molecule has 0 aromatic heterocycles. The molecule has 2 aliphatic rings. The fourth-order valence-corrected chi connectivity index (χ4v) is 3.01. The van der Waals surface area contributed by atoms with E-state index >= 15 is 0 Å². The van der Waals surface area contributed by atoms with Crippen LogP contribution in [0.4, 0.5) is 0 Å². The highest BCUT2D eigenvalue weighted by Gasteiger charge is 2.31. The van der Waals surface area contributed by atoms with Crippen molar-refractivity contribution in [3.8, 4) is 5.75 Å². The van der Waals surface area contributed by atoms with Crippen LogP contribution >= 0.6 is 0 Å². The van der Waals surface area contributed by atoms with E-state index in [1.54, 1.807) is 0 Å². The van der Waals surface area contributed by atoms with Crippen molar-refractivity contribution < 1.29 is 4.74 Å². The predicted molar refractivity (Wildman–Crippen MR) is 69.4 cm³/mol. The van der Waals surface area contributed by atoms with E-state index in [-0.39, 0.29) is 0 Å². The van der Waals surface area contributed by atoms with Crippen LogP contribution in [0.5, 0.6) is 5.75 Å². The monoisotopic (exact) mass is 231 g/mol. The first-order valence-corrected chi connectivity index (χ1v) is 6.88. The molecule has 0 bridgehead atoms. The van der Waals surface area contributed by atoms with Gasteiger partial charge in [0.05, 0.1) is 6.61 Å². The van der Waals surface area contributed by atoms with Crippen molar-refractivity contribution in [1.29, 1.82) is 0 Å². The number of ether oxygens (including phenoxy) is 1. The lowest BCUT2D eigenvalue weighted by Crippen LogP contribution is -2.32. The van der Waals surface area contributed by atoms with E-state index in [0.29, 0.717) is 6.04 Å². The Morgan fingerprint density at radius 2 is 2.29 bits per heavy atom. The van der Waals surface area contributed by atoms with Gasteiger partial charge in [0.15, 0.2) is 0 Å². The second kappa shape index (κ2) is 4.69. The van der Waals surface area contributed by atoms with Crippen molar-refractivity contribution in [3.63, 3.8) is 0 Å². The summed E-state index contributed by atoms with van der Waals surface area (Å²) in [4.78, 5) is 0. The minimum atomic E-state index is 0.502. The largest absolute Gasteiger partial charge is 0.493 e. The van der Waals surface area contributed by atoms with Gasteiger partial charge >= 0.3 is 0 Å². The SMILES string of the molecule is CCNC(c1cccc2c1OCC2)C1CCC1. The topological polar surface area (TPSA) is 21.3 Å². The third kappa shape index (κ3) is 1.95. The third-order valence-electron chi connectivity index (χ3n) is 4.13. The lowest BCUT2D eigenvalue weighted by molar-refractivity contribution is 0.228. The van der Waals surface area contributed by atoms with E-state index in [9.17, 15) is 0 Å². The zero-order chi connectivity index (χ0) is 11.7. The Kier molecular flexibility index (Phi) is 3.06. The van der Waals surface area contributed by atoms with E-state index in [1.807, 2.05) is 0 Å². The van der Waals surface area contributed by atoms with Gasteiger partial charge in [-0.25, -0.2) is 0 Å². The summed E-state index contributed by atoms with van der Waals surface area (Å²) < 4.78 is 5.84. The number of para-hydroxylation sites is 1. The van der Waals surface area contributed by atoms with Gasteiger partial charge in [-0.05, 0) is 30.9 Å². The van der Waals surface area contributed by atoms with Crippen molar-refractivity contribution in [1.82, 2.24) is 5.32 Å². The number of hydrogen-bond donors (Lipinski definition) is 1. The van der Waals surface area contributed by atoms with E-state index in [1.165, 1.54) is 36.1 Å². The first kappa shape index (κ1) is 11.1. The molecule has 2 nitrogen and oxygen atoms in total. The van der Waals surface area contributed by atoms with Crippen LogP contribution in [-0.4, -0.2) is 13.2 Å². The number of benzene rings is 1. The van der Waals surface area contributed by atoms with Gasteiger partial charge in [0.2, 0.25) is 0 Å². The molecule has 1 N–H and O–H groups in total. The van der Waals surface area contributed by atoms with Gasteiger partial charge in [0.25, 0.3) is 0 Å². The van der Waals surface area contributed by atoms with Crippen LogP contribution in [0.3, 0.4) is 0 Å². The fourth-order valence-electron chi connectivity index (χ4n) is 3.01. The number of nitrogens with one attached hydrogen (secondary N) is 1. The molecule has 1 heterocycles. The van der Waals surface area contributed by atoms with Gasteiger partial charge in [0, 0.05) is 18.0 Å². The van der Waals surface area contributed by atoms with Crippen LogP contribution in [-0.2, 0) is 6.42 Å². The molecule has 1 aromatic carbocycles. The maximum Gasteiger partial charge on any atom is 0.127 e. The van der Waals surface area contributed by atoms with Crippen molar-refractivity contribution in [2.75, 3.05) is 13.2 Å². The van der Waals surface area contributed by atoms with E-state index < -0.39 is 0 Å². The number of rotatable bonds is 4. The molecule has 17 heavy (non-hydrogen) atoms. The second-order valence-electron chi connectivity index (χ2n) is 5.16. The second-order valence-corrected chi connectivity index (χ2v) is 5.16. The minimum Gasteiger partial charge on any atom is -0.493 e. The Labute approximate surface area is 103 Å². The summed E-state index contributed by atoms with van der Waals surface area (Å²) in [5, 5.41) is 3.65.